The first-order chi connectivity index (χ1) is 13.0. The lowest BCUT2D eigenvalue weighted by atomic mass is 10.1. The van der Waals surface area contributed by atoms with E-state index in [1.54, 1.807) is 6.26 Å². The van der Waals surface area contributed by atoms with Gasteiger partial charge in [-0.3, -0.25) is 0 Å². The molecule has 7 nitrogen and oxygen atoms in total. The molecule has 3 rings (SSSR count). The highest BCUT2D eigenvalue weighted by Gasteiger charge is 2.23. The molecule has 0 aliphatic carbocycles. The molecule has 1 aliphatic heterocycles. The van der Waals surface area contributed by atoms with Crippen molar-refractivity contribution < 1.29 is 4.42 Å². The Balaban J connectivity index is 1.59. The number of nitrogens with zero attached hydrogens (tertiary/aromatic N) is 4. The van der Waals surface area contributed by atoms with Gasteiger partial charge in [0, 0.05) is 31.3 Å². The van der Waals surface area contributed by atoms with Crippen LogP contribution in [-0.2, 0) is 19.4 Å². The average Bonchev–Trinajstić information content (AvgIpc) is 3.28. The quantitative estimate of drug-likeness (QED) is 0.445. The molecule has 0 radical (unpaired) electrons. The molecule has 0 amide bonds. The Hall–Kier alpha value is -2.57. The number of hydrogen-bond acceptors (Lipinski definition) is 4. The summed E-state index contributed by atoms with van der Waals surface area (Å²) in [6.45, 7) is 12.4. The number of hydrogen-bond donors (Lipinski definition) is 2. The molecule has 1 atom stereocenters. The summed E-state index contributed by atoms with van der Waals surface area (Å²) in [6.07, 6.45) is 4.46. The van der Waals surface area contributed by atoms with Crippen molar-refractivity contribution in [2.24, 2.45) is 4.99 Å². The number of guanidine groups is 1. The van der Waals surface area contributed by atoms with Gasteiger partial charge in [0.1, 0.15) is 11.6 Å². The summed E-state index contributed by atoms with van der Waals surface area (Å²) in [6, 6.07) is 4.17. The molecule has 0 aromatic carbocycles. The van der Waals surface area contributed by atoms with E-state index in [4.69, 9.17) is 4.42 Å². The maximum atomic E-state index is 5.39. The highest BCUT2D eigenvalue weighted by Crippen LogP contribution is 2.17. The van der Waals surface area contributed by atoms with E-state index in [0.29, 0.717) is 12.5 Å². The van der Waals surface area contributed by atoms with Gasteiger partial charge in [-0.05, 0) is 25.5 Å². The zero-order chi connectivity index (χ0) is 19.2. The molecule has 2 aromatic heterocycles. The lowest BCUT2D eigenvalue weighted by molar-refractivity contribution is 0.391. The van der Waals surface area contributed by atoms with Crippen LogP contribution in [0.3, 0.4) is 0 Å². The third-order valence-electron chi connectivity index (χ3n) is 4.48. The maximum Gasteiger partial charge on any atom is 0.191 e. The Bertz CT molecular complexity index is 775. The van der Waals surface area contributed by atoms with Crippen molar-refractivity contribution in [1.82, 2.24) is 25.4 Å². The molecule has 7 heteroatoms. The SMILES string of the molecule is C=C(C)CN=C(NCCc1ccco1)NC1CCc2nc(C(C)C)nn2C1. The minimum atomic E-state index is 0.277. The van der Waals surface area contributed by atoms with Crippen molar-refractivity contribution in [3.8, 4) is 0 Å². The summed E-state index contributed by atoms with van der Waals surface area (Å²) in [5.74, 6) is 4.14. The van der Waals surface area contributed by atoms with Crippen molar-refractivity contribution in [2.45, 2.75) is 58.5 Å². The predicted molar refractivity (Wildman–Crippen MR) is 107 cm³/mol. The van der Waals surface area contributed by atoms with Crippen molar-refractivity contribution >= 4 is 5.96 Å². The summed E-state index contributed by atoms with van der Waals surface area (Å²) in [4.78, 5) is 9.30. The van der Waals surface area contributed by atoms with Gasteiger partial charge in [0.15, 0.2) is 11.8 Å². The minimum absolute atomic E-state index is 0.277. The number of rotatable bonds is 7. The van der Waals surface area contributed by atoms with E-state index in [2.05, 4.69) is 46.1 Å². The monoisotopic (exact) mass is 370 g/mol. The number of aryl methyl sites for hydroxylation is 1. The molecule has 146 valence electrons. The lowest BCUT2D eigenvalue weighted by Gasteiger charge is -2.25. The normalized spacial score (nSPS) is 17.0. The number of nitrogens with one attached hydrogen (secondary N) is 2. The molecular weight excluding hydrogens is 340 g/mol. The van der Waals surface area contributed by atoms with Crippen LogP contribution in [0.1, 0.15) is 50.5 Å². The molecule has 1 unspecified atom stereocenters. The third kappa shape index (κ3) is 5.45. The number of furan rings is 1. The van der Waals surface area contributed by atoms with Crippen LogP contribution in [0.25, 0.3) is 0 Å². The number of aliphatic imine (C=N–C) groups is 1. The standard InChI is InChI=1S/C20H30N6O/c1-14(2)12-22-20(21-10-9-17-6-5-11-27-17)23-16-7-8-18-24-19(15(3)4)25-26(18)13-16/h5-6,11,15-16H,1,7-10,12-13H2,2-4H3,(H2,21,22,23). The van der Waals surface area contributed by atoms with Crippen LogP contribution in [0.15, 0.2) is 40.0 Å². The van der Waals surface area contributed by atoms with Crippen molar-refractivity contribution in [2.75, 3.05) is 13.1 Å². The van der Waals surface area contributed by atoms with Gasteiger partial charge in [0.05, 0.1) is 19.4 Å². The number of fused-ring (bicyclic) bond motifs is 1. The van der Waals surface area contributed by atoms with Crippen molar-refractivity contribution in [3.05, 3.63) is 48.0 Å². The van der Waals surface area contributed by atoms with Crippen LogP contribution in [0.2, 0.25) is 0 Å². The van der Waals surface area contributed by atoms with Gasteiger partial charge in [-0.2, -0.15) is 5.10 Å². The lowest BCUT2D eigenvalue weighted by Crippen LogP contribution is -2.47. The predicted octanol–water partition coefficient (Wildman–Crippen LogP) is 2.66. The third-order valence-corrected chi connectivity index (χ3v) is 4.48. The van der Waals surface area contributed by atoms with Gasteiger partial charge in [0.2, 0.25) is 0 Å². The molecule has 2 N–H and O–H groups in total. The number of aromatic nitrogens is 3. The topological polar surface area (TPSA) is 80.3 Å². The second kappa shape index (κ2) is 8.88. The van der Waals surface area contributed by atoms with E-state index in [0.717, 1.165) is 61.3 Å². The second-order valence-electron chi connectivity index (χ2n) is 7.48. The highest BCUT2D eigenvalue weighted by atomic mass is 16.3. The van der Waals surface area contributed by atoms with E-state index in [1.807, 2.05) is 23.7 Å². The van der Waals surface area contributed by atoms with Crippen LogP contribution in [0, 0.1) is 0 Å². The fraction of sp³-hybridized carbons (Fsp3) is 0.550. The van der Waals surface area contributed by atoms with E-state index in [9.17, 15) is 0 Å². The molecule has 0 saturated carbocycles. The summed E-state index contributed by atoms with van der Waals surface area (Å²) in [5.41, 5.74) is 1.03. The fourth-order valence-electron chi connectivity index (χ4n) is 3.01. The van der Waals surface area contributed by atoms with Crippen LogP contribution < -0.4 is 10.6 Å². The van der Waals surface area contributed by atoms with Crippen LogP contribution in [-0.4, -0.2) is 39.9 Å². The molecule has 0 bridgehead atoms. The Morgan fingerprint density at radius 2 is 2.33 bits per heavy atom. The van der Waals surface area contributed by atoms with Gasteiger partial charge in [-0.1, -0.05) is 26.0 Å². The molecule has 1 aliphatic rings. The minimum Gasteiger partial charge on any atom is -0.469 e. The summed E-state index contributed by atoms with van der Waals surface area (Å²) < 4.78 is 7.43. The first kappa shape index (κ1) is 19.2. The fourth-order valence-corrected chi connectivity index (χ4v) is 3.01. The summed E-state index contributed by atoms with van der Waals surface area (Å²) in [5, 5.41) is 11.6. The van der Waals surface area contributed by atoms with Crippen LogP contribution in [0.5, 0.6) is 0 Å². The van der Waals surface area contributed by atoms with E-state index in [-0.39, 0.29) is 6.04 Å². The van der Waals surface area contributed by atoms with Crippen LogP contribution >= 0.6 is 0 Å². The maximum absolute atomic E-state index is 5.39. The van der Waals surface area contributed by atoms with Crippen molar-refractivity contribution in [3.63, 3.8) is 0 Å². The van der Waals surface area contributed by atoms with E-state index < -0.39 is 0 Å². The zero-order valence-electron chi connectivity index (χ0n) is 16.5. The average molecular weight is 371 g/mol. The molecule has 3 heterocycles. The Labute approximate surface area is 161 Å². The largest absolute Gasteiger partial charge is 0.469 e. The Kier molecular flexibility index (Phi) is 6.32. The molecular formula is C20H30N6O. The Morgan fingerprint density at radius 1 is 1.48 bits per heavy atom. The molecule has 0 fully saturated rings. The smallest absolute Gasteiger partial charge is 0.191 e. The van der Waals surface area contributed by atoms with Gasteiger partial charge < -0.3 is 15.1 Å². The van der Waals surface area contributed by atoms with E-state index in [1.165, 1.54) is 0 Å². The first-order valence-corrected chi connectivity index (χ1v) is 9.66. The van der Waals surface area contributed by atoms with Gasteiger partial charge in [0.25, 0.3) is 0 Å². The van der Waals surface area contributed by atoms with Gasteiger partial charge in [-0.15, -0.1) is 0 Å². The highest BCUT2D eigenvalue weighted by molar-refractivity contribution is 5.80. The molecule has 0 saturated heterocycles. The first-order valence-electron chi connectivity index (χ1n) is 9.66. The van der Waals surface area contributed by atoms with Gasteiger partial charge >= 0.3 is 0 Å². The summed E-state index contributed by atoms with van der Waals surface area (Å²) >= 11 is 0. The molecule has 27 heavy (non-hydrogen) atoms. The zero-order valence-corrected chi connectivity index (χ0v) is 16.5. The van der Waals surface area contributed by atoms with E-state index >= 15 is 0 Å². The van der Waals surface area contributed by atoms with Gasteiger partial charge in [-0.25, -0.2) is 14.7 Å². The van der Waals surface area contributed by atoms with Crippen molar-refractivity contribution in [1.29, 1.82) is 0 Å². The van der Waals surface area contributed by atoms with Crippen LogP contribution in [0.4, 0.5) is 0 Å². The molecule has 0 spiro atoms. The summed E-state index contributed by atoms with van der Waals surface area (Å²) in [7, 11) is 0. The molecule has 2 aromatic rings. The Morgan fingerprint density at radius 3 is 3.04 bits per heavy atom. The second-order valence-corrected chi connectivity index (χ2v) is 7.48.